The molecule has 0 bridgehead atoms. The molecule has 1 aromatic rings. The predicted molar refractivity (Wildman–Crippen MR) is 59.8 cm³/mol. The zero-order chi connectivity index (χ0) is 10.2. The first kappa shape index (κ1) is 11.9. The van der Waals surface area contributed by atoms with Crippen molar-refractivity contribution in [1.29, 1.82) is 0 Å². The number of thioether (sulfide) groups is 1. The monoisotopic (exact) mass is 233 g/mol. The second-order valence-corrected chi connectivity index (χ2v) is 4.95. The minimum atomic E-state index is 0.156. The summed E-state index contributed by atoms with van der Waals surface area (Å²) in [6.45, 7) is 3.23. The van der Waals surface area contributed by atoms with E-state index in [4.69, 9.17) is 5.11 Å². The molecule has 1 aromatic heterocycles. The van der Waals surface area contributed by atoms with E-state index in [1.54, 1.807) is 17.3 Å². The Morgan fingerprint density at radius 1 is 1.71 bits per heavy atom. The number of aliphatic hydroxyl groups excluding tert-OH is 1. The van der Waals surface area contributed by atoms with Crippen molar-refractivity contribution in [2.75, 3.05) is 18.9 Å². The van der Waals surface area contributed by atoms with Gasteiger partial charge in [0.25, 0.3) is 0 Å². The van der Waals surface area contributed by atoms with Gasteiger partial charge in [-0.05, 0) is 13.0 Å². The van der Waals surface area contributed by atoms with E-state index in [1.807, 2.05) is 0 Å². The zero-order valence-corrected chi connectivity index (χ0v) is 9.77. The molecule has 4 nitrogen and oxygen atoms in total. The summed E-state index contributed by atoms with van der Waals surface area (Å²) in [6, 6.07) is 0.156. The highest BCUT2D eigenvalue weighted by molar-refractivity contribution is 8.01. The maximum absolute atomic E-state index is 9.07. The van der Waals surface area contributed by atoms with E-state index in [-0.39, 0.29) is 12.6 Å². The summed E-state index contributed by atoms with van der Waals surface area (Å²) in [5.41, 5.74) is 1.72. The van der Waals surface area contributed by atoms with Gasteiger partial charge in [0, 0.05) is 11.8 Å². The van der Waals surface area contributed by atoms with Gasteiger partial charge in [0.15, 0.2) is 4.34 Å². The van der Waals surface area contributed by atoms with Crippen LogP contribution in [0, 0.1) is 0 Å². The molecule has 0 aliphatic carbocycles. The molecular weight excluding hydrogens is 218 g/mol. The third kappa shape index (κ3) is 4.36. The molecule has 0 saturated carbocycles. The largest absolute Gasteiger partial charge is 0.395 e. The smallest absolute Gasteiger partial charge is 0.174 e. The van der Waals surface area contributed by atoms with Crippen LogP contribution in [0.15, 0.2) is 9.85 Å². The lowest BCUT2D eigenvalue weighted by atomic mass is 10.3. The molecule has 80 valence electrons. The van der Waals surface area contributed by atoms with Gasteiger partial charge in [0.05, 0.1) is 6.61 Å². The van der Waals surface area contributed by atoms with Gasteiger partial charge in [-0.25, -0.2) is 0 Å². The molecule has 1 heterocycles. The number of hydrogen-bond donors (Lipinski definition) is 2. The van der Waals surface area contributed by atoms with Gasteiger partial charge in [-0.3, -0.25) is 0 Å². The van der Waals surface area contributed by atoms with E-state index in [9.17, 15) is 0 Å². The highest BCUT2D eigenvalue weighted by atomic mass is 32.2. The van der Waals surface area contributed by atoms with Crippen molar-refractivity contribution < 1.29 is 5.11 Å². The Labute approximate surface area is 92.1 Å². The number of aliphatic hydroxyl groups is 1. The number of hydrogen-bond acceptors (Lipinski definition) is 6. The fourth-order valence-corrected chi connectivity index (χ4v) is 2.48. The average Bonchev–Trinajstić information content (AvgIpc) is 2.71. The minimum Gasteiger partial charge on any atom is -0.395 e. The Bertz CT molecular complexity index is 231. The van der Waals surface area contributed by atoms with Gasteiger partial charge in [0.2, 0.25) is 0 Å². The predicted octanol–water partition coefficient (Wildman–Crippen LogP) is 0.991. The van der Waals surface area contributed by atoms with Gasteiger partial charge in [-0.2, -0.15) is 0 Å². The molecule has 1 rings (SSSR count). The molecule has 1 unspecified atom stereocenters. The molecule has 0 radical (unpaired) electrons. The molecule has 0 aliphatic heterocycles. The van der Waals surface area contributed by atoms with Crippen LogP contribution in [0.5, 0.6) is 0 Å². The molecule has 0 aromatic carbocycles. The first-order valence-corrected chi connectivity index (χ1v) is 6.46. The fraction of sp³-hybridized carbons (Fsp3) is 0.750. The molecule has 1 atom stereocenters. The topological polar surface area (TPSA) is 58.0 Å². The van der Waals surface area contributed by atoms with Crippen molar-refractivity contribution >= 4 is 23.1 Å². The van der Waals surface area contributed by atoms with Crippen molar-refractivity contribution in [1.82, 2.24) is 15.5 Å². The van der Waals surface area contributed by atoms with Crippen LogP contribution in [0.2, 0.25) is 0 Å². The van der Waals surface area contributed by atoms with E-state index in [2.05, 4.69) is 22.4 Å². The van der Waals surface area contributed by atoms with Gasteiger partial charge in [0.1, 0.15) is 5.51 Å². The second-order valence-electron chi connectivity index (χ2n) is 2.85. The Hall–Kier alpha value is -0.170. The Balaban J connectivity index is 2.20. The maximum atomic E-state index is 9.07. The van der Waals surface area contributed by atoms with Crippen LogP contribution < -0.4 is 5.32 Å². The van der Waals surface area contributed by atoms with Crippen LogP contribution in [0.1, 0.15) is 13.3 Å². The molecule has 0 fully saturated rings. The van der Waals surface area contributed by atoms with Gasteiger partial charge >= 0.3 is 0 Å². The van der Waals surface area contributed by atoms with Crippen molar-refractivity contribution in [2.45, 2.75) is 23.7 Å². The number of aromatic nitrogens is 2. The SMILES string of the molecule is CCCNC(CO)CSc1nncs1. The molecule has 14 heavy (non-hydrogen) atoms. The van der Waals surface area contributed by atoms with Crippen LogP contribution in [-0.2, 0) is 0 Å². The third-order valence-electron chi connectivity index (χ3n) is 1.65. The van der Waals surface area contributed by atoms with Gasteiger partial charge in [-0.1, -0.05) is 30.0 Å². The van der Waals surface area contributed by atoms with E-state index >= 15 is 0 Å². The van der Waals surface area contributed by atoms with E-state index < -0.39 is 0 Å². The zero-order valence-electron chi connectivity index (χ0n) is 8.14. The molecule has 0 aliphatic rings. The standard InChI is InChI=1S/C8H15N3OS2/c1-2-3-9-7(4-12)5-13-8-11-10-6-14-8/h6-7,9,12H,2-5H2,1H3. The third-order valence-corrected chi connectivity index (χ3v) is 3.67. The highest BCUT2D eigenvalue weighted by Crippen LogP contribution is 2.19. The van der Waals surface area contributed by atoms with Crippen LogP contribution in [0.4, 0.5) is 0 Å². The summed E-state index contributed by atoms with van der Waals surface area (Å²) in [4.78, 5) is 0. The van der Waals surface area contributed by atoms with Crippen LogP contribution in [0.25, 0.3) is 0 Å². The van der Waals surface area contributed by atoms with Crippen molar-refractivity contribution in [3.8, 4) is 0 Å². The van der Waals surface area contributed by atoms with E-state index in [1.165, 1.54) is 11.3 Å². The number of nitrogens with zero attached hydrogens (tertiary/aromatic N) is 2. The van der Waals surface area contributed by atoms with Crippen molar-refractivity contribution in [3.63, 3.8) is 0 Å². The first-order chi connectivity index (χ1) is 6.86. The van der Waals surface area contributed by atoms with Crippen molar-refractivity contribution in [3.05, 3.63) is 5.51 Å². The highest BCUT2D eigenvalue weighted by Gasteiger charge is 2.07. The van der Waals surface area contributed by atoms with Gasteiger partial charge in [-0.15, -0.1) is 10.2 Å². The number of nitrogens with one attached hydrogen (secondary N) is 1. The summed E-state index contributed by atoms with van der Waals surface area (Å²) in [5.74, 6) is 0.839. The summed E-state index contributed by atoms with van der Waals surface area (Å²) in [7, 11) is 0. The fourth-order valence-electron chi connectivity index (χ4n) is 0.922. The lowest BCUT2D eigenvalue weighted by molar-refractivity contribution is 0.254. The lowest BCUT2D eigenvalue weighted by Crippen LogP contribution is -2.35. The van der Waals surface area contributed by atoms with E-state index in [0.29, 0.717) is 0 Å². The molecular formula is C8H15N3OS2. The van der Waals surface area contributed by atoms with Crippen LogP contribution >= 0.6 is 23.1 Å². The molecule has 6 heteroatoms. The van der Waals surface area contributed by atoms with E-state index in [0.717, 1.165) is 23.1 Å². The summed E-state index contributed by atoms with van der Waals surface area (Å²) < 4.78 is 0.960. The minimum absolute atomic E-state index is 0.156. The first-order valence-electron chi connectivity index (χ1n) is 4.60. The second kappa shape index (κ2) is 7.17. The quantitative estimate of drug-likeness (QED) is 0.688. The molecule has 0 amide bonds. The molecule has 2 N–H and O–H groups in total. The lowest BCUT2D eigenvalue weighted by Gasteiger charge is -2.13. The summed E-state index contributed by atoms with van der Waals surface area (Å²) in [6.07, 6.45) is 1.08. The Kier molecular flexibility index (Phi) is 6.09. The summed E-state index contributed by atoms with van der Waals surface area (Å²) in [5, 5.41) is 20.0. The molecule has 0 saturated heterocycles. The Morgan fingerprint density at radius 2 is 2.57 bits per heavy atom. The maximum Gasteiger partial charge on any atom is 0.174 e. The number of rotatable bonds is 7. The van der Waals surface area contributed by atoms with Crippen molar-refractivity contribution in [2.24, 2.45) is 0 Å². The van der Waals surface area contributed by atoms with Crippen LogP contribution in [0.3, 0.4) is 0 Å². The summed E-state index contributed by atoms with van der Waals surface area (Å²) >= 11 is 3.16. The van der Waals surface area contributed by atoms with Crippen LogP contribution in [-0.4, -0.2) is 40.3 Å². The normalized spacial score (nSPS) is 13.0. The molecule has 0 spiro atoms. The van der Waals surface area contributed by atoms with Gasteiger partial charge < -0.3 is 10.4 Å². The average molecular weight is 233 g/mol. The Morgan fingerprint density at radius 3 is 3.14 bits per heavy atom.